The minimum Gasteiger partial charge on any atom is -0.352 e. The monoisotopic (exact) mass is 425 g/mol. The van der Waals surface area contributed by atoms with E-state index in [9.17, 15) is 26.4 Å². The third-order valence-corrected chi connectivity index (χ3v) is 6.77. The van der Waals surface area contributed by atoms with E-state index >= 15 is 0 Å². The number of hydroxylamine groups is 2. The topological polar surface area (TPSA) is 186 Å². The molecule has 2 aliphatic heterocycles. The first-order valence-electron chi connectivity index (χ1n) is 8.03. The maximum Gasteiger partial charge on any atom is 0.418 e. The van der Waals surface area contributed by atoms with Gasteiger partial charge >= 0.3 is 16.4 Å². The van der Waals surface area contributed by atoms with Crippen molar-refractivity contribution in [3.63, 3.8) is 0 Å². The largest absolute Gasteiger partial charge is 0.418 e. The highest BCUT2D eigenvalue weighted by Gasteiger charge is 2.51. The summed E-state index contributed by atoms with van der Waals surface area (Å²) in [4.78, 5) is 24.4. The van der Waals surface area contributed by atoms with E-state index < -0.39 is 55.7 Å². The molecule has 0 aromatic heterocycles. The van der Waals surface area contributed by atoms with Crippen molar-refractivity contribution in [2.45, 2.75) is 49.6 Å². The summed E-state index contributed by atoms with van der Waals surface area (Å²) >= 11 is 0. The van der Waals surface area contributed by atoms with Gasteiger partial charge in [0.25, 0.3) is 0 Å². The summed E-state index contributed by atoms with van der Waals surface area (Å²) in [6, 6.07) is -2.94. The van der Waals surface area contributed by atoms with Crippen molar-refractivity contribution in [2.75, 3.05) is 6.54 Å². The molecular weight excluding hydrogens is 406 g/mol. The average molecular weight is 425 g/mol. The summed E-state index contributed by atoms with van der Waals surface area (Å²) in [5.41, 5.74) is 0. The van der Waals surface area contributed by atoms with Gasteiger partial charge in [-0.05, 0) is 19.3 Å². The van der Waals surface area contributed by atoms with Crippen molar-refractivity contribution in [3.05, 3.63) is 0 Å². The molecule has 0 aromatic rings. The summed E-state index contributed by atoms with van der Waals surface area (Å²) in [5, 5.41) is 10.2. The van der Waals surface area contributed by atoms with Crippen LogP contribution >= 0.6 is 0 Å². The molecule has 2 saturated heterocycles. The van der Waals surface area contributed by atoms with Crippen molar-refractivity contribution in [3.8, 4) is 0 Å². The Morgan fingerprint density at radius 2 is 1.96 bits per heavy atom. The van der Waals surface area contributed by atoms with Gasteiger partial charge in [-0.3, -0.25) is 19.5 Å². The van der Waals surface area contributed by atoms with Gasteiger partial charge in [-0.2, -0.15) is 13.5 Å². The zero-order chi connectivity index (χ0) is 20.1. The normalized spacial score (nSPS) is 30.2. The number of amidine groups is 1. The van der Waals surface area contributed by atoms with Crippen LogP contribution in [0.15, 0.2) is 0 Å². The molecule has 1 aliphatic carbocycles. The highest BCUT2D eigenvalue weighted by molar-refractivity contribution is 7.91. The molecule has 3 aliphatic rings. The number of amides is 3. The van der Waals surface area contributed by atoms with E-state index in [1.54, 1.807) is 0 Å². The number of carbonyl (C=O) groups is 2. The standard InChI is InChI=1S/C12H19N5O8S2/c1-6(18)14-8-4-10(8)26(20,21)15-11(13)9-3-2-7-5-16(9)12(19)17(7)25-27(22,23)24/h7-10H,2-5H2,1H3,(H2,13,15)(H,14,18)(H,22,23,24). The molecule has 3 fully saturated rings. The Kier molecular flexibility index (Phi) is 4.82. The molecule has 2 heterocycles. The van der Waals surface area contributed by atoms with Crippen LogP contribution in [0.1, 0.15) is 26.2 Å². The summed E-state index contributed by atoms with van der Waals surface area (Å²) in [7, 11) is -8.80. The summed E-state index contributed by atoms with van der Waals surface area (Å²) < 4.78 is 61.6. The van der Waals surface area contributed by atoms with Crippen molar-refractivity contribution < 1.29 is 35.3 Å². The van der Waals surface area contributed by atoms with Crippen LogP contribution in [0.2, 0.25) is 0 Å². The first-order chi connectivity index (χ1) is 12.4. The lowest BCUT2D eigenvalue weighted by Gasteiger charge is -2.30. The van der Waals surface area contributed by atoms with Crippen LogP contribution < -0.4 is 10.0 Å². The Balaban J connectivity index is 1.65. The number of hydrogen-bond acceptors (Lipinski definition) is 8. The van der Waals surface area contributed by atoms with Gasteiger partial charge in [0.05, 0.1) is 12.1 Å². The van der Waals surface area contributed by atoms with Crippen LogP contribution in [0.25, 0.3) is 0 Å². The molecule has 0 spiro atoms. The molecule has 4 unspecified atom stereocenters. The van der Waals surface area contributed by atoms with E-state index in [0.29, 0.717) is 5.06 Å². The van der Waals surface area contributed by atoms with Gasteiger partial charge in [-0.15, -0.1) is 4.28 Å². The van der Waals surface area contributed by atoms with Gasteiger partial charge in [0.1, 0.15) is 11.1 Å². The fourth-order valence-corrected chi connectivity index (χ4v) is 5.30. The third-order valence-electron chi connectivity index (χ3n) is 4.60. The molecular formula is C12H19N5O8S2. The molecule has 0 radical (unpaired) electrons. The number of sulfonamides is 1. The fraction of sp³-hybridized carbons (Fsp3) is 0.750. The first-order valence-corrected chi connectivity index (χ1v) is 10.9. The zero-order valence-electron chi connectivity index (χ0n) is 14.2. The zero-order valence-corrected chi connectivity index (χ0v) is 15.8. The summed E-state index contributed by atoms with van der Waals surface area (Å²) in [6.45, 7) is 1.30. The van der Waals surface area contributed by atoms with Crippen LogP contribution in [-0.2, 0) is 29.5 Å². The van der Waals surface area contributed by atoms with Gasteiger partial charge in [0.15, 0.2) is 0 Å². The first kappa shape index (κ1) is 19.8. The molecule has 4 atom stereocenters. The number of urea groups is 1. The molecule has 152 valence electrons. The maximum atomic E-state index is 12.3. The Morgan fingerprint density at radius 1 is 1.30 bits per heavy atom. The molecule has 13 nitrogen and oxygen atoms in total. The van der Waals surface area contributed by atoms with Crippen LogP contribution in [-0.4, -0.2) is 79.0 Å². The highest BCUT2D eigenvalue weighted by Crippen LogP contribution is 2.32. The number of hydrogen-bond donors (Lipinski definition) is 4. The molecule has 4 N–H and O–H groups in total. The SMILES string of the molecule is CC(=O)NC1CC1S(=O)(=O)NC(=N)C1CCC2CN1C(=O)N2OS(=O)(=O)O. The van der Waals surface area contributed by atoms with E-state index in [1.165, 1.54) is 6.92 Å². The van der Waals surface area contributed by atoms with Crippen molar-refractivity contribution in [2.24, 2.45) is 0 Å². The number of fused-ring (bicyclic) bond motifs is 2. The molecule has 3 amide bonds. The maximum absolute atomic E-state index is 12.3. The van der Waals surface area contributed by atoms with E-state index in [-0.39, 0.29) is 31.7 Å². The fourth-order valence-electron chi connectivity index (χ4n) is 3.36. The smallest absolute Gasteiger partial charge is 0.352 e. The second kappa shape index (κ2) is 6.57. The van der Waals surface area contributed by atoms with Crippen LogP contribution in [0.5, 0.6) is 0 Å². The lowest BCUT2D eigenvalue weighted by molar-refractivity contribution is -0.119. The molecule has 27 heavy (non-hydrogen) atoms. The molecule has 1 saturated carbocycles. The number of nitrogens with one attached hydrogen (secondary N) is 3. The minimum absolute atomic E-state index is 0.0288. The van der Waals surface area contributed by atoms with E-state index in [2.05, 4.69) is 14.3 Å². The number of rotatable bonds is 6. The van der Waals surface area contributed by atoms with Crippen molar-refractivity contribution in [1.82, 2.24) is 20.0 Å². The predicted molar refractivity (Wildman–Crippen MR) is 89.2 cm³/mol. The lowest BCUT2D eigenvalue weighted by atomic mass is 10.0. The minimum atomic E-state index is -4.89. The van der Waals surface area contributed by atoms with Crippen LogP contribution in [0.4, 0.5) is 4.79 Å². The average Bonchev–Trinajstić information content (AvgIpc) is 3.25. The Morgan fingerprint density at radius 3 is 2.56 bits per heavy atom. The molecule has 2 bridgehead atoms. The number of nitrogens with zero attached hydrogens (tertiary/aromatic N) is 2. The Bertz CT molecular complexity index is 887. The van der Waals surface area contributed by atoms with Crippen molar-refractivity contribution >= 4 is 38.2 Å². The highest BCUT2D eigenvalue weighted by atomic mass is 32.3. The lowest BCUT2D eigenvalue weighted by Crippen LogP contribution is -2.51. The second-order valence-corrected chi connectivity index (χ2v) is 9.56. The van der Waals surface area contributed by atoms with E-state index in [1.807, 2.05) is 0 Å². The number of carbonyl (C=O) groups excluding carboxylic acids is 2. The van der Waals surface area contributed by atoms with Gasteiger partial charge in [-0.25, -0.2) is 13.2 Å². The van der Waals surface area contributed by atoms with Crippen molar-refractivity contribution in [1.29, 1.82) is 5.41 Å². The van der Waals surface area contributed by atoms with Gasteiger partial charge < -0.3 is 10.2 Å². The Labute approximate surface area is 155 Å². The number of piperidine rings is 1. The second-order valence-electron chi connectivity index (χ2n) is 6.65. The van der Waals surface area contributed by atoms with Gasteiger partial charge in [0.2, 0.25) is 15.9 Å². The predicted octanol–water partition coefficient (Wildman–Crippen LogP) is -1.84. The quantitative estimate of drug-likeness (QED) is 0.217. The van der Waals surface area contributed by atoms with Gasteiger partial charge in [0, 0.05) is 19.5 Å². The molecule has 15 heteroatoms. The third kappa shape index (κ3) is 4.15. The Hall–Kier alpha value is -1.97. The molecule has 3 rings (SSSR count). The van der Waals surface area contributed by atoms with E-state index in [4.69, 9.17) is 9.96 Å². The summed E-state index contributed by atoms with van der Waals surface area (Å²) in [6.07, 6.45) is 0.695. The van der Waals surface area contributed by atoms with Crippen LogP contribution in [0, 0.1) is 5.41 Å². The van der Waals surface area contributed by atoms with E-state index in [0.717, 1.165) is 4.90 Å². The van der Waals surface area contributed by atoms with Crippen LogP contribution in [0.3, 0.4) is 0 Å². The van der Waals surface area contributed by atoms with Gasteiger partial charge in [-0.1, -0.05) is 0 Å². The molecule has 0 aromatic carbocycles. The summed E-state index contributed by atoms with van der Waals surface area (Å²) in [5.74, 6) is -0.781.